The van der Waals surface area contributed by atoms with Crippen molar-refractivity contribution in [2.24, 2.45) is 0 Å². The van der Waals surface area contributed by atoms with Crippen LogP contribution in [0.2, 0.25) is 0 Å². The molecule has 0 aliphatic rings. The molecule has 0 aliphatic carbocycles. The lowest BCUT2D eigenvalue weighted by molar-refractivity contribution is 0.511. The van der Waals surface area contributed by atoms with Crippen molar-refractivity contribution in [2.45, 2.75) is 4.90 Å². The van der Waals surface area contributed by atoms with Gasteiger partial charge in [-0.2, -0.15) is 0 Å². The molecule has 0 aliphatic heterocycles. The molecule has 2 rings (SSSR count). The van der Waals surface area contributed by atoms with Crippen LogP contribution in [0.25, 0.3) is 0 Å². The summed E-state index contributed by atoms with van der Waals surface area (Å²) in [5, 5.41) is 0. The fourth-order valence-corrected chi connectivity index (χ4v) is 2.51. The molecular formula is C11H8F2N2O3S. The quantitative estimate of drug-likeness (QED) is 0.896. The lowest BCUT2D eigenvalue weighted by Gasteiger charge is -2.08. The van der Waals surface area contributed by atoms with E-state index in [0.717, 1.165) is 30.5 Å². The highest BCUT2D eigenvalue weighted by Crippen LogP contribution is 2.19. The summed E-state index contributed by atoms with van der Waals surface area (Å²) < 4.78 is 51.9. The van der Waals surface area contributed by atoms with E-state index in [-0.39, 0.29) is 0 Å². The maximum absolute atomic E-state index is 13.4. The highest BCUT2D eigenvalue weighted by atomic mass is 32.2. The van der Waals surface area contributed by atoms with Gasteiger partial charge in [0, 0.05) is 18.5 Å². The molecule has 0 atom stereocenters. The first-order valence-electron chi connectivity index (χ1n) is 5.06. The van der Waals surface area contributed by atoms with Gasteiger partial charge in [-0.1, -0.05) is 6.07 Å². The van der Waals surface area contributed by atoms with E-state index in [4.69, 9.17) is 0 Å². The number of sulfonamides is 1. The van der Waals surface area contributed by atoms with Crippen molar-refractivity contribution < 1.29 is 17.2 Å². The number of H-pyrrole nitrogens is 1. The van der Waals surface area contributed by atoms with Gasteiger partial charge in [0.05, 0.1) is 5.69 Å². The number of pyridine rings is 1. The number of benzene rings is 1. The molecule has 0 amide bonds. The first-order chi connectivity index (χ1) is 8.92. The molecule has 1 aromatic heterocycles. The molecule has 19 heavy (non-hydrogen) atoms. The SMILES string of the molecule is O=c1cc[nH]cc1S(=O)(=O)Nc1cccc(F)c1F. The van der Waals surface area contributed by atoms with Gasteiger partial charge in [0.25, 0.3) is 10.0 Å². The molecule has 0 unspecified atom stereocenters. The summed E-state index contributed by atoms with van der Waals surface area (Å²) in [4.78, 5) is 13.2. The highest BCUT2D eigenvalue weighted by Gasteiger charge is 2.20. The Morgan fingerprint density at radius 3 is 2.58 bits per heavy atom. The second kappa shape index (κ2) is 4.81. The third-order valence-corrected chi connectivity index (χ3v) is 3.66. The molecule has 8 heteroatoms. The second-order valence-corrected chi connectivity index (χ2v) is 5.23. The monoisotopic (exact) mass is 286 g/mol. The van der Waals surface area contributed by atoms with Gasteiger partial charge in [-0.05, 0) is 12.1 Å². The van der Waals surface area contributed by atoms with Gasteiger partial charge in [-0.15, -0.1) is 0 Å². The predicted molar refractivity (Wildman–Crippen MR) is 64.2 cm³/mol. The summed E-state index contributed by atoms with van der Waals surface area (Å²) in [5.41, 5.74) is -1.33. The van der Waals surface area contributed by atoms with E-state index in [9.17, 15) is 22.0 Å². The molecule has 2 aromatic rings. The number of nitrogens with one attached hydrogen (secondary N) is 2. The van der Waals surface area contributed by atoms with Crippen LogP contribution in [0, 0.1) is 11.6 Å². The van der Waals surface area contributed by atoms with Gasteiger partial charge in [-0.25, -0.2) is 17.2 Å². The predicted octanol–water partition coefficient (Wildman–Crippen LogP) is 1.45. The van der Waals surface area contributed by atoms with Gasteiger partial charge < -0.3 is 4.98 Å². The molecule has 0 saturated carbocycles. The van der Waals surface area contributed by atoms with Gasteiger partial charge >= 0.3 is 0 Å². The lowest BCUT2D eigenvalue weighted by atomic mass is 10.3. The summed E-state index contributed by atoms with van der Waals surface area (Å²) >= 11 is 0. The average Bonchev–Trinajstić information content (AvgIpc) is 2.35. The van der Waals surface area contributed by atoms with Gasteiger partial charge in [-0.3, -0.25) is 9.52 Å². The Hall–Kier alpha value is -2.22. The van der Waals surface area contributed by atoms with Gasteiger partial charge in [0.1, 0.15) is 0 Å². The maximum atomic E-state index is 13.4. The van der Waals surface area contributed by atoms with E-state index < -0.39 is 37.7 Å². The summed E-state index contributed by atoms with van der Waals surface area (Å²) in [6, 6.07) is 4.05. The van der Waals surface area contributed by atoms with Crippen LogP contribution in [-0.2, 0) is 10.0 Å². The largest absolute Gasteiger partial charge is 0.366 e. The Bertz CT molecular complexity index is 772. The summed E-state index contributed by atoms with van der Waals surface area (Å²) in [6.07, 6.45) is 2.21. The molecule has 5 nitrogen and oxygen atoms in total. The minimum absolute atomic E-state index is 0.566. The Morgan fingerprint density at radius 1 is 1.16 bits per heavy atom. The highest BCUT2D eigenvalue weighted by molar-refractivity contribution is 7.92. The third-order valence-electron chi connectivity index (χ3n) is 2.27. The topological polar surface area (TPSA) is 79.0 Å². The Morgan fingerprint density at radius 2 is 1.89 bits per heavy atom. The molecule has 0 spiro atoms. The maximum Gasteiger partial charge on any atom is 0.267 e. The van der Waals surface area contributed by atoms with Crippen LogP contribution in [0.3, 0.4) is 0 Å². The fourth-order valence-electron chi connectivity index (χ4n) is 1.39. The molecular weight excluding hydrogens is 278 g/mol. The molecule has 100 valence electrons. The van der Waals surface area contributed by atoms with Crippen LogP contribution < -0.4 is 10.2 Å². The van der Waals surface area contributed by atoms with Crippen molar-refractivity contribution in [2.75, 3.05) is 4.72 Å². The van der Waals surface area contributed by atoms with Crippen molar-refractivity contribution in [3.63, 3.8) is 0 Å². The number of aromatic nitrogens is 1. The van der Waals surface area contributed by atoms with Crippen LogP contribution in [0.4, 0.5) is 14.5 Å². The van der Waals surface area contributed by atoms with Crippen molar-refractivity contribution in [1.29, 1.82) is 0 Å². The molecule has 1 heterocycles. The fraction of sp³-hybridized carbons (Fsp3) is 0. The van der Waals surface area contributed by atoms with Crippen LogP contribution in [0.1, 0.15) is 0 Å². The number of anilines is 1. The van der Waals surface area contributed by atoms with Crippen molar-refractivity contribution >= 4 is 15.7 Å². The van der Waals surface area contributed by atoms with E-state index >= 15 is 0 Å². The van der Waals surface area contributed by atoms with Crippen molar-refractivity contribution in [1.82, 2.24) is 4.98 Å². The molecule has 0 radical (unpaired) electrons. The van der Waals surface area contributed by atoms with E-state index in [1.165, 1.54) is 6.20 Å². The van der Waals surface area contributed by atoms with Crippen LogP contribution in [-0.4, -0.2) is 13.4 Å². The van der Waals surface area contributed by atoms with Crippen LogP contribution in [0.5, 0.6) is 0 Å². The number of halogens is 2. The minimum Gasteiger partial charge on any atom is -0.366 e. The molecule has 2 N–H and O–H groups in total. The van der Waals surface area contributed by atoms with Crippen molar-refractivity contribution in [3.05, 3.63) is 58.5 Å². The van der Waals surface area contributed by atoms with Crippen LogP contribution in [0.15, 0.2) is 46.3 Å². The zero-order chi connectivity index (χ0) is 14.0. The zero-order valence-electron chi connectivity index (χ0n) is 9.35. The standard InChI is InChI=1S/C11H8F2N2O3S/c12-7-2-1-3-8(11(7)13)15-19(17,18)10-6-14-5-4-9(10)16/h1-6,15H,(H,14,16). The summed E-state index contributed by atoms with van der Waals surface area (Å²) in [7, 11) is -4.28. The number of hydrogen-bond donors (Lipinski definition) is 2. The normalized spacial score (nSPS) is 11.3. The molecule has 0 fully saturated rings. The summed E-state index contributed by atoms with van der Waals surface area (Å²) in [6.45, 7) is 0. The Labute approximate surface area is 107 Å². The third kappa shape index (κ3) is 2.63. The lowest BCUT2D eigenvalue weighted by Crippen LogP contribution is -2.21. The molecule has 0 bridgehead atoms. The second-order valence-electron chi connectivity index (χ2n) is 3.58. The van der Waals surface area contributed by atoms with Gasteiger partial charge in [0.15, 0.2) is 16.5 Å². The number of aromatic amines is 1. The smallest absolute Gasteiger partial charge is 0.267 e. The van der Waals surface area contributed by atoms with E-state index in [0.29, 0.717) is 0 Å². The number of hydrogen-bond acceptors (Lipinski definition) is 3. The minimum atomic E-state index is -4.28. The van der Waals surface area contributed by atoms with Gasteiger partial charge in [0.2, 0.25) is 5.43 Å². The Balaban J connectivity index is 2.46. The number of rotatable bonds is 3. The molecule has 0 saturated heterocycles. The Kier molecular flexibility index (Phi) is 3.34. The van der Waals surface area contributed by atoms with Crippen LogP contribution >= 0.6 is 0 Å². The van der Waals surface area contributed by atoms with Crippen molar-refractivity contribution in [3.8, 4) is 0 Å². The summed E-state index contributed by atoms with van der Waals surface area (Å²) in [5.74, 6) is -2.53. The average molecular weight is 286 g/mol. The first kappa shape index (κ1) is 13.2. The first-order valence-corrected chi connectivity index (χ1v) is 6.54. The van der Waals surface area contributed by atoms with E-state index in [1.54, 1.807) is 0 Å². The zero-order valence-corrected chi connectivity index (χ0v) is 10.2. The van der Waals surface area contributed by atoms with E-state index in [1.807, 2.05) is 4.72 Å². The molecule has 1 aromatic carbocycles. The van der Waals surface area contributed by atoms with E-state index in [2.05, 4.69) is 4.98 Å².